The molecule has 0 atom stereocenters. The monoisotopic (exact) mass is 482 g/mol. The van der Waals surface area contributed by atoms with Crippen molar-refractivity contribution in [2.45, 2.75) is 6.54 Å². The fourth-order valence-electron chi connectivity index (χ4n) is 3.00. The maximum Gasteiger partial charge on any atom is 0.261 e. The van der Waals surface area contributed by atoms with Crippen LogP contribution in [0.2, 0.25) is 0 Å². The lowest BCUT2D eigenvalue weighted by Gasteiger charge is -2.12. The smallest absolute Gasteiger partial charge is 0.261 e. The Bertz CT molecular complexity index is 1220. The number of rotatable bonds is 4. The molecule has 4 rings (SSSR count). The fraction of sp³-hybridized carbons (Fsp3) is 0.0435. The van der Waals surface area contributed by atoms with Crippen LogP contribution in [0.15, 0.2) is 77.6 Å². The summed E-state index contributed by atoms with van der Waals surface area (Å²) in [5.41, 5.74) is 2.44. The summed E-state index contributed by atoms with van der Waals surface area (Å²) < 4.78 is 15.8. The van der Waals surface area contributed by atoms with E-state index in [0.717, 1.165) is 14.7 Å². The van der Waals surface area contributed by atoms with Gasteiger partial charge in [-0.05, 0) is 70.1 Å². The van der Waals surface area contributed by atoms with Gasteiger partial charge in [0.25, 0.3) is 5.56 Å². The Kier molecular flexibility index (Phi) is 5.34. The van der Waals surface area contributed by atoms with Crippen molar-refractivity contribution in [1.29, 1.82) is 0 Å². The molecule has 0 bridgehead atoms. The zero-order valence-electron chi connectivity index (χ0n) is 14.8. The van der Waals surface area contributed by atoms with Crippen LogP contribution in [0.25, 0.3) is 23.1 Å². The van der Waals surface area contributed by atoms with Crippen molar-refractivity contribution < 1.29 is 4.39 Å². The number of fused-ring (bicyclic) bond motifs is 1. The predicted molar refractivity (Wildman–Crippen MR) is 120 cm³/mol. The molecular weight excluding hydrogens is 466 g/mol. The van der Waals surface area contributed by atoms with Crippen LogP contribution in [0.5, 0.6) is 0 Å². The Morgan fingerprint density at radius 2 is 1.71 bits per heavy atom. The van der Waals surface area contributed by atoms with Crippen molar-refractivity contribution >= 4 is 45.6 Å². The molecule has 3 nitrogen and oxygen atoms in total. The van der Waals surface area contributed by atoms with Crippen LogP contribution in [0.4, 0.5) is 4.39 Å². The minimum absolute atomic E-state index is 0.0777. The first-order valence-electron chi connectivity index (χ1n) is 8.78. The lowest BCUT2D eigenvalue weighted by molar-refractivity contribution is 0.628. The van der Waals surface area contributed by atoms with Gasteiger partial charge in [0.1, 0.15) is 11.6 Å². The number of hydrogen-bond donors (Lipinski definition) is 0. The molecule has 1 aromatic heterocycles. The van der Waals surface area contributed by atoms with Gasteiger partial charge in [0, 0.05) is 3.57 Å². The highest BCUT2D eigenvalue weighted by molar-refractivity contribution is 14.1. The van der Waals surface area contributed by atoms with Crippen molar-refractivity contribution in [3.05, 3.63) is 109 Å². The SMILES string of the molecule is O=c1c2cc(I)ccc2nc(C=Cc2ccc(F)cc2)n1Cc1ccccc1. The summed E-state index contributed by atoms with van der Waals surface area (Å²) in [6.45, 7) is 0.428. The minimum atomic E-state index is -0.281. The van der Waals surface area contributed by atoms with Crippen LogP contribution in [0, 0.1) is 9.39 Å². The van der Waals surface area contributed by atoms with Gasteiger partial charge < -0.3 is 0 Å². The van der Waals surface area contributed by atoms with E-state index in [1.165, 1.54) is 12.1 Å². The first-order valence-corrected chi connectivity index (χ1v) is 9.86. The number of benzene rings is 3. The number of hydrogen-bond acceptors (Lipinski definition) is 2. The van der Waals surface area contributed by atoms with Crippen molar-refractivity contribution in [3.63, 3.8) is 0 Å². The molecule has 0 aliphatic carbocycles. The molecule has 138 valence electrons. The first kappa shape index (κ1) is 18.6. The third kappa shape index (κ3) is 4.04. The van der Waals surface area contributed by atoms with Gasteiger partial charge in [-0.3, -0.25) is 9.36 Å². The standard InChI is InChI=1S/C23H16FIN2O/c24-18-9-6-16(7-10-18)8-13-22-26-21-12-11-19(25)14-20(21)23(28)27(22)15-17-4-2-1-3-5-17/h1-14H,15H2. The average Bonchev–Trinajstić information content (AvgIpc) is 2.71. The minimum Gasteiger partial charge on any atom is -0.288 e. The highest BCUT2D eigenvalue weighted by atomic mass is 127. The van der Waals surface area contributed by atoms with Gasteiger partial charge in [0.05, 0.1) is 17.4 Å². The summed E-state index contributed by atoms with van der Waals surface area (Å²) in [5, 5.41) is 0.599. The molecule has 3 aromatic carbocycles. The lowest BCUT2D eigenvalue weighted by Crippen LogP contribution is -2.24. The molecule has 0 fully saturated rings. The first-order chi connectivity index (χ1) is 13.6. The highest BCUT2D eigenvalue weighted by Crippen LogP contribution is 2.16. The second-order valence-corrected chi connectivity index (χ2v) is 7.64. The van der Waals surface area contributed by atoms with Gasteiger partial charge in [-0.25, -0.2) is 9.37 Å². The van der Waals surface area contributed by atoms with Gasteiger partial charge in [0.2, 0.25) is 0 Å². The third-order valence-electron chi connectivity index (χ3n) is 4.42. The Balaban J connectivity index is 1.85. The second kappa shape index (κ2) is 8.06. The Morgan fingerprint density at radius 1 is 0.964 bits per heavy atom. The summed E-state index contributed by atoms with van der Waals surface area (Å²) in [7, 11) is 0. The summed E-state index contributed by atoms with van der Waals surface area (Å²) >= 11 is 2.19. The average molecular weight is 482 g/mol. The predicted octanol–water partition coefficient (Wildman–Crippen LogP) is 5.36. The molecule has 0 aliphatic rings. The van der Waals surface area contributed by atoms with Gasteiger partial charge in [-0.1, -0.05) is 48.5 Å². The number of nitrogens with zero attached hydrogens (tertiary/aromatic N) is 2. The van der Waals surface area contributed by atoms with Crippen molar-refractivity contribution in [2.24, 2.45) is 0 Å². The van der Waals surface area contributed by atoms with E-state index in [1.807, 2.05) is 54.6 Å². The molecule has 0 radical (unpaired) electrons. The molecule has 0 spiro atoms. The second-order valence-electron chi connectivity index (χ2n) is 6.39. The van der Waals surface area contributed by atoms with E-state index in [1.54, 1.807) is 22.8 Å². The molecular formula is C23H16FIN2O. The fourth-order valence-corrected chi connectivity index (χ4v) is 3.49. The molecule has 5 heteroatoms. The van der Waals surface area contributed by atoms with Crippen LogP contribution in [-0.2, 0) is 6.54 Å². The Labute approximate surface area is 175 Å². The van der Waals surface area contributed by atoms with E-state index in [-0.39, 0.29) is 11.4 Å². The molecule has 1 heterocycles. The van der Waals surface area contributed by atoms with Crippen LogP contribution in [0.3, 0.4) is 0 Å². The van der Waals surface area contributed by atoms with E-state index in [4.69, 9.17) is 4.98 Å². The van der Waals surface area contributed by atoms with Crippen molar-refractivity contribution in [3.8, 4) is 0 Å². The third-order valence-corrected chi connectivity index (χ3v) is 5.10. The molecule has 28 heavy (non-hydrogen) atoms. The lowest BCUT2D eigenvalue weighted by atomic mass is 10.2. The summed E-state index contributed by atoms with van der Waals surface area (Å²) in [6.07, 6.45) is 3.64. The largest absolute Gasteiger partial charge is 0.288 e. The molecule has 0 unspecified atom stereocenters. The van der Waals surface area contributed by atoms with E-state index >= 15 is 0 Å². The molecule has 4 aromatic rings. The Hall–Kier alpha value is -2.80. The van der Waals surface area contributed by atoms with Crippen LogP contribution in [-0.4, -0.2) is 9.55 Å². The topological polar surface area (TPSA) is 34.9 Å². The van der Waals surface area contributed by atoms with E-state index in [9.17, 15) is 9.18 Å². The zero-order valence-corrected chi connectivity index (χ0v) is 17.0. The maximum atomic E-state index is 13.2. The number of aromatic nitrogens is 2. The highest BCUT2D eigenvalue weighted by Gasteiger charge is 2.10. The molecule has 0 N–H and O–H groups in total. The van der Waals surface area contributed by atoms with Gasteiger partial charge in [0.15, 0.2) is 0 Å². The normalized spacial score (nSPS) is 11.4. The van der Waals surface area contributed by atoms with Gasteiger partial charge in [-0.2, -0.15) is 0 Å². The van der Waals surface area contributed by atoms with E-state index in [2.05, 4.69) is 22.6 Å². The summed E-state index contributed by atoms with van der Waals surface area (Å²) in [5.74, 6) is 0.281. The van der Waals surface area contributed by atoms with Crippen LogP contribution in [0.1, 0.15) is 17.0 Å². The van der Waals surface area contributed by atoms with Crippen LogP contribution >= 0.6 is 22.6 Å². The maximum absolute atomic E-state index is 13.2. The van der Waals surface area contributed by atoms with E-state index < -0.39 is 0 Å². The molecule has 0 saturated heterocycles. The number of halogens is 2. The van der Waals surface area contributed by atoms with Crippen LogP contribution < -0.4 is 5.56 Å². The summed E-state index contributed by atoms with van der Waals surface area (Å²) in [6, 6.07) is 21.7. The molecule has 0 amide bonds. The van der Waals surface area contributed by atoms with Crippen molar-refractivity contribution in [1.82, 2.24) is 9.55 Å². The molecule has 0 aliphatic heterocycles. The van der Waals surface area contributed by atoms with Crippen molar-refractivity contribution in [2.75, 3.05) is 0 Å². The zero-order chi connectivity index (χ0) is 19.5. The Morgan fingerprint density at radius 3 is 2.46 bits per heavy atom. The summed E-state index contributed by atoms with van der Waals surface area (Å²) in [4.78, 5) is 17.9. The van der Waals surface area contributed by atoms with Gasteiger partial charge >= 0.3 is 0 Å². The molecule has 0 saturated carbocycles. The quantitative estimate of drug-likeness (QED) is 0.368. The van der Waals surface area contributed by atoms with Gasteiger partial charge in [-0.15, -0.1) is 0 Å². The van der Waals surface area contributed by atoms with E-state index in [0.29, 0.717) is 23.3 Å².